The maximum atomic E-state index is 13.2. The Hall–Kier alpha value is -4.19. The Bertz CT molecular complexity index is 1500. The van der Waals surface area contributed by atoms with Gasteiger partial charge in [-0.3, -0.25) is 4.79 Å². The molecule has 4 bridgehead atoms. The van der Waals surface area contributed by atoms with E-state index in [9.17, 15) is 18.0 Å². The predicted molar refractivity (Wildman–Crippen MR) is 146 cm³/mol. The Balaban J connectivity index is 1.76. The summed E-state index contributed by atoms with van der Waals surface area (Å²) in [4.78, 5) is 34.2. The highest BCUT2D eigenvalue weighted by Crippen LogP contribution is 2.29. The number of hydrogen-bond donors (Lipinski definition) is 3. The number of ether oxygens (including phenoxy) is 2. The molecule has 0 aliphatic carbocycles. The third kappa shape index (κ3) is 7.02. The summed E-state index contributed by atoms with van der Waals surface area (Å²) in [6, 6.07) is 12.1. The van der Waals surface area contributed by atoms with E-state index in [4.69, 9.17) is 9.47 Å². The van der Waals surface area contributed by atoms with Crippen LogP contribution >= 0.6 is 0 Å². The van der Waals surface area contributed by atoms with E-state index in [0.717, 1.165) is 16.7 Å². The van der Waals surface area contributed by atoms with Gasteiger partial charge in [-0.2, -0.15) is 4.98 Å². The average Bonchev–Trinajstić information content (AvgIpc) is 2.81. The molecule has 39 heavy (non-hydrogen) atoms. The van der Waals surface area contributed by atoms with Gasteiger partial charge in [-0.25, -0.2) is 22.9 Å². The smallest absolute Gasteiger partial charge is 0.408 e. The number of nitrogens with one attached hydrogen (secondary N) is 3. The van der Waals surface area contributed by atoms with Crippen LogP contribution in [-0.4, -0.2) is 48.6 Å². The van der Waals surface area contributed by atoms with Crippen molar-refractivity contribution in [2.45, 2.75) is 57.6 Å². The number of alkyl carbamates (subject to hydrolysis) is 1. The lowest BCUT2D eigenvalue weighted by atomic mass is 10.00. The highest BCUT2D eigenvalue weighted by molar-refractivity contribution is 7.92. The number of sulfonamides is 1. The van der Waals surface area contributed by atoms with Crippen molar-refractivity contribution >= 4 is 33.7 Å². The topological polar surface area (TPSA) is 149 Å². The number of carbonyl (C=O) groups excluding carboxylic acids is 2. The van der Waals surface area contributed by atoms with Gasteiger partial charge in [0, 0.05) is 23.7 Å². The van der Waals surface area contributed by atoms with Crippen molar-refractivity contribution < 1.29 is 27.5 Å². The Morgan fingerprint density at radius 2 is 1.77 bits per heavy atom. The van der Waals surface area contributed by atoms with Gasteiger partial charge in [-0.05, 0) is 63.9 Å². The van der Waals surface area contributed by atoms with E-state index in [1.165, 1.54) is 18.2 Å². The van der Waals surface area contributed by atoms with Crippen LogP contribution in [0.3, 0.4) is 0 Å². The SMILES string of the molecule is Cc1cccc(C)c1-c1cc2nc(n1)NS(=O)(=O)c1cccc(c1)NC(=O)C(NC(=O)OC(C)(C)C)CCO2. The summed E-state index contributed by atoms with van der Waals surface area (Å²) in [5.41, 5.74) is 2.62. The number of fused-ring (bicyclic) bond motifs is 4. The molecule has 2 aromatic carbocycles. The Morgan fingerprint density at radius 1 is 1.08 bits per heavy atom. The third-order valence-electron chi connectivity index (χ3n) is 5.74. The van der Waals surface area contributed by atoms with Crippen LogP contribution in [0.2, 0.25) is 0 Å². The van der Waals surface area contributed by atoms with E-state index in [0.29, 0.717) is 5.69 Å². The summed E-state index contributed by atoms with van der Waals surface area (Å²) in [6.07, 6.45) is -0.694. The second kappa shape index (κ2) is 10.9. The number of benzene rings is 2. The van der Waals surface area contributed by atoms with Crippen LogP contribution in [0.5, 0.6) is 5.88 Å². The quantitative estimate of drug-likeness (QED) is 0.428. The highest BCUT2D eigenvalue weighted by atomic mass is 32.2. The Labute approximate surface area is 227 Å². The van der Waals surface area contributed by atoms with Crippen molar-refractivity contribution in [3.05, 3.63) is 59.7 Å². The van der Waals surface area contributed by atoms with Gasteiger partial charge in [-0.1, -0.05) is 24.3 Å². The summed E-state index contributed by atoms with van der Waals surface area (Å²) >= 11 is 0. The first-order valence-corrected chi connectivity index (χ1v) is 13.8. The summed E-state index contributed by atoms with van der Waals surface area (Å²) in [7, 11) is -4.13. The van der Waals surface area contributed by atoms with Crippen molar-refractivity contribution in [3.8, 4) is 17.1 Å². The predicted octanol–water partition coefficient (Wildman–Crippen LogP) is 4.18. The largest absolute Gasteiger partial charge is 0.477 e. The number of aryl methyl sites for hydroxylation is 2. The molecule has 2 heterocycles. The molecule has 1 aliphatic rings. The maximum absolute atomic E-state index is 13.2. The first kappa shape index (κ1) is 27.8. The Morgan fingerprint density at radius 3 is 2.46 bits per heavy atom. The van der Waals surface area contributed by atoms with Crippen LogP contribution < -0.4 is 20.1 Å². The molecule has 0 radical (unpaired) electrons. The molecule has 12 heteroatoms. The van der Waals surface area contributed by atoms with Gasteiger partial charge in [-0.15, -0.1) is 0 Å². The number of amides is 2. The Kier molecular flexibility index (Phi) is 7.77. The molecule has 3 aromatic rings. The molecular weight excluding hydrogens is 522 g/mol. The normalized spacial score (nSPS) is 17.1. The van der Waals surface area contributed by atoms with Crippen LogP contribution in [0.25, 0.3) is 11.3 Å². The molecule has 1 unspecified atom stereocenters. The minimum Gasteiger partial charge on any atom is -0.477 e. The van der Waals surface area contributed by atoms with Crippen LogP contribution in [-0.2, 0) is 19.6 Å². The minimum atomic E-state index is -4.13. The molecule has 1 aliphatic heterocycles. The molecule has 11 nitrogen and oxygen atoms in total. The molecule has 2 amide bonds. The second-order valence-corrected chi connectivity index (χ2v) is 11.8. The van der Waals surface area contributed by atoms with E-state index in [1.54, 1.807) is 32.9 Å². The summed E-state index contributed by atoms with van der Waals surface area (Å²) in [5.74, 6) is -0.633. The molecule has 206 valence electrons. The number of nitrogens with zero attached hydrogens (tertiary/aromatic N) is 2. The lowest BCUT2D eigenvalue weighted by Crippen LogP contribution is -2.46. The third-order valence-corrected chi connectivity index (χ3v) is 7.07. The first-order valence-electron chi connectivity index (χ1n) is 12.3. The van der Waals surface area contributed by atoms with E-state index < -0.39 is 33.7 Å². The monoisotopic (exact) mass is 553 g/mol. The number of rotatable bonds is 2. The van der Waals surface area contributed by atoms with Crippen molar-refractivity contribution in [2.24, 2.45) is 0 Å². The van der Waals surface area contributed by atoms with E-state index in [1.807, 2.05) is 32.0 Å². The highest BCUT2D eigenvalue weighted by Gasteiger charge is 2.26. The zero-order valence-electron chi connectivity index (χ0n) is 22.4. The van der Waals surface area contributed by atoms with E-state index in [-0.39, 0.29) is 35.4 Å². The van der Waals surface area contributed by atoms with E-state index in [2.05, 4.69) is 25.3 Å². The van der Waals surface area contributed by atoms with Gasteiger partial charge < -0.3 is 20.1 Å². The molecule has 1 aromatic heterocycles. The summed E-state index contributed by atoms with van der Waals surface area (Å²) < 4.78 is 40.0. The lowest BCUT2D eigenvalue weighted by molar-refractivity contribution is -0.118. The molecule has 4 rings (SSSR count). The van der Waals surface area contributed by atoms with Gasteiger partial charge in [0.05, 0.1) is 17.2 Å². The maximum Gasteiger partial charge on any atom is 0.408 e. The standard InChI is InChI=1S/C27H31N5O6S/c1-16-8-6-9-17(2)23(16)21-15-22-31-25(29-21)32-39(35,36)19-11-7-10-18(14-19)28-24(33)20(12-13-37-22)30-26(34)38-27(3,4)5/h6-11,14-15,20H,12-13H2,1-5H3,(H,28,33)(H,30,34)(H,29,31,32). The fourth-order valence-electron chi connectivity index (χ4n) is 4.04. The van der Waals surface area contributed by atoms with Crippen LogP contribution in [0.15, 0.2) is 53.4 Å². The molecule has 0 fully saturated rings. The van der Waals surface area contributed by atoms with Crippen LogP contribution in [0, 0.1) is 13.8 Å². The van der Waals surface area contributed by atoms with Crippen molar-refractivity contribution in [1.82, 2.24) is 15.3 Å². The lowest BCUT2D eigenvalue weighted by Gasteiger charge is -2.23. The first-order chi connectivity index (χ1) is 18.3. The molecule has 0 saturated carbocycles. The van der Waals surface area contributed by atoms with Crippen LogP contribution in [0.4, 0.5) is 16.4 Å². The summed E-state index contributed by atoms with van der Waals surface area (Å²) in [5, 5.41) is 5.23. The molecule has 0 saturated heterocycles. The number of hydrogen-bond acceptors (Lipinski definition) is 8. The summed E-state index contributed by atoms with van der Waals surface area (Å²) in [6.45, 7) is 8.97. The van der Waals surface area contributed by atoms with Crippen LogP contribution in [0.1, 0.15) is 38.3 Å². The van der Waals surface area contributed by atoms with Gasteiger partial charge in [0.1, 0.15) is 11.6 Å². The number of aromatic nitrogens is 2. The van der Waals surface area contributed by atoms with Gasteiger partial charge in [0.2, 0.25) is 17.7 Å². The molecule has 0 spiro atoms. The number of carbonyl (C=O) groups is 2. The zero-order chi connectivity index (χ0) is 28.4. The second-order valence-electron chi connectivity index (χ2n) is 10.1. The average molecular weight is 554 g/mol. The van der Waals surface area contributed by atoms with Gasteiger partial charge >= 0.3 is 6.09 Å². The molecule has 3 N–H and O–H groups in total. The molecule has 1 atom stereocenters. The van der Waals surface area contributed by atoms with Gasteiger partial charge in [0.15, 0.2) is 0 Å². The minimum absolute atomic E-state index is 0.0245. The van der Waals surface area contributed by atoms with E-state index >= 15 is 0 Å². The van der Waals surface area contributed by atoms with Crippen molar-refractivity contribution in [1.29, 1.82) is 0 Å². The van der Waals surface area contributed by atoms with Crippen molar-refractivity contribution in [2.75, 3.05) is 16.6 Å². The van der Waals surface area contributed by atoms with Crippen molar-refractivity contribution in [3.63, 3.8) is 0 Å². The van der Waals surface area contributed by atoms with Gasteiger partial charge in [0.25, 0.3) is 10.0 Å². The fraction of sp³-hybridized carbons (Fsp3) is 0.333. The molecular formula is C27H31N5O6S. The number of anilines is 2. The zero-order valence-corrected chi connectivity index (χ0v) is 23.2. The fourth-order valence-corrected chi connectivity index (χ4v) is 5.03.